The first-order valence-corrected chi connectivity index (χ1v) is 7.70. The van der Waals surface area contributed by atoms with E-state index in [0.717, 1.165) is 13.0 Å². The zero-order valence-electron chi connectivity index (χ0n) is 10.9. The number of hydrogen-bond acceptors (Lipinski definition) is 4. The highest BCUT2D eigenvalue weighted by atomic mass is 32.1. The predicted octanol–water partition coefficient (Wildman–Crippen LogP) is 2.91. The molecule has 0 amide bonds. The maximum atomic E-state index is 6.00. The molecule has 1 aromatic rings. The third kappa shape index (κ3) is 2.23. The molecule has 4 heteroatoms. The summed E-state index contributed by atoms with van der Waals surface area (Å²) < 4.78 is 6.00. The first kappa shape index (κ1) is 12.6. The van der Waals surface area contributed by atoms with Gasteiger partial charge in [0.15, 0.2) is 0 Å². The molecule has 2 fully saturated rings. The van der Waals surface area contributed by atoms with Gasteiger partial charge in [-0.15, -0.1) is 11.3 Å². The molecule has 2 unspecified atom stereocenters. The Morgan fingerprint density at radius 1 is 1.50 bits per heavy atom. The van der Waals surface area contributed by atoms with E-state index in [1.54, 1.807) is 0 Å². The van der Waals surface area contributed by atoms with Gasteiger partial charge in [0, 0.05) is 16.4 Å². The van der Waals surface area contributed by atoms with Crippen LogP contribution in [0.25, 0.3) is 0 Å². The lowest BCUT2D eigenvalue weighted by Gasteiger charge is -2.48. The van der Waals surface area contributed by atoms with Crippen LogP contribution in [-0.2, 0) is 4.74 Å². The van der Waals surface area contributed by atoms with Crippen LogP contribution >= 0.6 is 11.3 Å². The van der Waals surface area contributed by atoms with Gasteiger partial charge in [0.05, 0.1) is 11.6 Å². The molecule has 0 radical (unpaired) electrons. The van der Waals surface area contributed by atoms with Crippen LogP contribution in [0.3, 0.4) is 0 Å². The molecule has 0 aromatic carbocycles. The fourth-order valence-electron chi connectivity index (χ4n) is 3.34. The molecule has 1 aliphatic carbocycles. The van der Waals surface area contributed by atoms with Crippen LogP contribution in [0.2, 0.25) is 0 Å². The van der Waals surface area contributed by atoms with Crippen LogP contribution in [-0.4, -0.2) is 12.2 Å². The van der Waals surface area contributed by atoms with E-state index in [1.807, 2.05) is 11.3 Å². The second kappa shape index (κ2) is 4.93. The Hall–Kier alpha value is -0.420. The molecule has 2 aliphatic rings. The van der Waals surface area contributed by atoms with Crippen molar-refractivity contribution in [3.63, 3.8) is 0 Å². The fourth-order valence-corrected chi connectivity index (χ4v) is 4.37. The Kier molecular flexibility index (Phi) is 3.45. The van der Waals surface area contributed by atoms with E-state index in [0.29, 0.717) is 12.0 Å². The molecular formula is C14H22N2OS. The SMILES string of the molecule is Cc1ccc(C(NN)C2CCOC3(CCC3)C2)s1. The van der Waals surface area contributed by atoms with Gasteiger partial charge in [-0.1, -0.05) is 0 Å². The van der Waals surface area contributed by atoms with Crippen LogP contribution in [0.5, 0.6) is 0 Å². The minimum absolute atomic E-state index is 0.199. The number of hydrogen-bond donors (Lipinski definition) is 2. The number of rotatable bonds is 3. The van der Waals surface area contributed by atoms with Gasteiger partial charge in [-0.2, -0.15) is 0 Å². The lowest BCUT2D eigenvalue weighted by atomic mass is 9.70. The smallest absolute Gasteiger partial charge is 0.0686 e. The zero-order valence-corrected chi connectivity index (χ0v) is 11.8. The van der Waals surface area contributed by atoms with Gasteiger partial charge in [-0.3, -0.25) is 11.3 Å². The molecule has 2 heterocycles. The molecule has 0 bridgehead atoms. The quantitative estimate of drug-likeness (QED) is 0.653. The van der Waals surface area contributed by atoms with E-state index in [4.69, 9.17) is 10.6 Å². The monoisotopic (exact) mass is 266 g/mol. The minimum Gasteiger partial charge on any atom is -0.375 e. The van der Waals surface area contributed by atoms with E-state index in [1.165, 1.54) is 35.4 Å². The van der Waals surface area contributed by atoms with Crippen molar-refractivity contribution >= 4 is 11.3 Å². The van der Waals surface area contributed by atoms with Gasteiger partial charge >= 0.3 is 0 Å². The highest BCUT2D eigenvalue weighted by Crippen LogP contribution is 2.47. The highest BCUT2D eigenvalue weighted by molar-refractivity contribution is 7.12. The van der Waals surface area contributed by atoms with Crippen LogP contribution in [0.1, 0.15) is 47.9 Å². The summed E-state index contributed by atoms with van der Waals surface area (Å²) in [6.45, 7) is 3.05. The number of thiophene rings is 1. The van der Waals surface area contributed by atoms with Crippen molar-refractivity contribution in [3.05, 3.63) is 21.9 Å². The standard InChI is InChI=1S/C14H22N2OS/c1-10-3-4-12(18-10)13(16-15)11-5-8-17-14(9-11)6-2-7-14/h3-4,11,13,16H,2,5-9,15H2,1H3. The third-order valence-electron chi connectivity index (χ3n) is 4.51. The summed E-state index contributed by atoms with van der Waals surface area (Å²) in [5.41, 5.74) is 3.24. The average molecular weight is 266 g/mol. The second-order valence-corrected chi connectivity index (χ2v) is 7.05. The molecule has 3 N–H and O–H groups in total. The Morgan fingerprint density at radius 3 is 2.89 bits per heavy atom. The molecule has 1 saturated carbocycles. The van der Waals surface area contributed by atoms with E-state index in [-0.39, 0.29) is 5.60 Å². The van der Waals surface area contributed by atoms with E-state index >= 15 is 0 Å². The molecule has 18 heavy (non-hydrogen) atoms. The van der Waals surface area contributed by atoms with E-state index in [9.17, 15) is 0 Å². The Labute approximate surface area is 113 Å². The highest BCUT2D eigenvalue weighted by Gasteiger charge is 2.44. The number of nitrogens with two attached hydrogens (primary N) is 1. The van der Waals surface area contributed by atoms with Crippen LogP contribution in [0.15, 0.2) is 12.1 Å². The summed E-state index contributed by atoms with van der Waals surface area (Å²) in [5.74, 6) is 6.42. The Bertz CT molecular complexity index is 414. The van der Waals surface area contributed by atoms with Crippen LogP contribution < -0.4 is 11.3 Å². The first-order chi connectivity index (χ1) is 8.72. The average Bonchev–Trinajstić information content (AvgIpc) is 2.75. The zero-order chi connectivity index (χ0) is 12.6. The Balaban J connectivity index is 1.75. The van der Waals surface area contributed by atoms with Crippen molar-refractivity contribution in [3.8, 4) is 0 Å². The van der Waals surface area contributed by atoms with Gasteiger partial charge in [0.25, 0.3) is 0 Å². The molecular weight excluding hydrogens is 244 g/mol. The summed E-state index contributed by atoms with van der Waals surface area (Å²) in [6, 6.07) is 4.70. The maximum Gasteiger partial charge on any atom is 0.0686 e. The summed E-state index contributed by atoms with van der Waals surface area (Å²) >= 11 is 1.86. The second-order valence-electron chi connectivity index (χ2n) is 5.73. The van der Waals surface area contributed by atoms with E-state index in [2.05, 4.69) is 24.5 Å². The number of hydrazine groups is 1. The largest absolute Gasteiger partial charge is 0.375 e. The van der Waals surface area contributed by atoms with E-state index < -0.39 is 0 Å². The molecule has 2 atom stereocenters. The van der Waals surface area contributed by atoms with Gasteiger partial charge in [-0.25, -0.2) is 0 Å². The molecule has 3 nitrogen and oxygen atoms in total. The molecule has 1 spiro atoms. The van der Waals surface area contributed by atoms with Gasteiger partial charge in [0.2, 0.25) is 0 Å². The third-order valence-corrected chi connectivity index (χ3v) is 5.60. The van der Waals surface area contributed by atoms with Crippen LogP contribution in [0.4, 0.5) is 0 Å². The predicted molar refractivity (Wildman–Crippen MR) is 74.4 cm³/mol. The molecule has 3 rings (SSSR count). The van der Waals surface area contributed by atoms with Crippen molar-refractivity contribution < 1.29 is 4.74 Å². The van der Waals surface area contributed by atoms with Crippen LogP contribution in [0, 0.1) is 12.8 Å². The summed E-state index contributed by atoms with van der Waals surface area (Å²) in [5, 5.41) is 0. The van der Waals surface area contributed by atoms with Crippen molar-refractivity contribution in [1.82, 2.24) is 5.43 Å². The van der Waals surface area contributed by atoms with Crippen molar-refractivity contribution in [2.24, 2.45) is 11.8 Å². The summed E-state index contributed by atoms with van der Waals surface area (Å²) in [7, 11) is 0. The van der Waals surface area contributed by atoms with Crippen molar-refractivity contribution in [2.45, 2.75) is 50.7 Å². The normalized spacial score (nSPS) is 28.0. The van der Waals surface area contributed by atoms with Crippen molar-refractivity contribution in [1.29, 1.82) is 0 Å². The topological polar surface area (TPSA) is 47.3 Å². The molecule has 100 valence electrons. The maximum absolute atomic E-state index is 6.00. The van der Waals surface area contributed by atoms with Gasteiger partial charge < -0.3 is 4.74 Å². The van der Waals surface area contributed by atoms with Crippen molar-refractivity contribution in [2.75, 3.05) is 6.61 Å². The molecule has 1 saturated heterocycles. The minimum atomic E-state index is 0.199. The number of aryl methyl sites for hydroxylation is 1. The summed E-state index contributed by atoms with van der Waals surface area (Å²) in [6.07, 6.45) is 6.09. The van der Waals surface area contributed by atoms with Gasteiger partial charge in [0.1, 0.15) is 0 Å². The number of ether oxygens (including phenoxy) is 1. The lowest BCUT2D eigenvalue weighted by molar-refractivity contribution is -0.147. The Morgan fingerprint density at radius 2 is 2.33 bits per heavy atom. The fraction of sp³-hybridized carbons (Fsp3) is 0.714. The molecule has 1 aromatic heterocycles. The number of nitrogens with one attached hydrogen (secondary N) is 1. The summed E-state index contributed by atoms with van der Waals surface area (Å²) in [4.78, 5) is 2.73. The lowest BCUT2D eigenvalue weighted by Crippen LogP contribution is -2.48. The first-order valence-electron chi connectivity index (χ1n) is 6.89. The van der Waals surface area contributed by atoms with Gasteiger partial charge in [-0.05, 0) is 57.1 Å². The molecule has 1 aliphatic heterocycles.